The second-order valence-corrected chi connectivity index (χ2v) is 4.82. The number of para-hydroxylation sites is 1. The first kappa shape index (κ1) is 14.0. The Labute approximate surface area is 117 Å². The van der Waals surface area contributed by atoms with Crippen LogP contribution < -0.4 is 4.90 Å². The number of carbonyl (C=O) groups is 1. The molecule has 0 aliphatic heterocycles. The van der Waals surface area contributed by atoms with Crippen LogP contribution >= 0.6 is 0 Å². The molecule has 0 saturated heterocycles. The van der Waals surface area contributed by atoms with Gasteiger partial charge in [-0.25, -0.2) is 14.8 Å². The summed E-state index contributed by atoms with van der Waals surface area (Å²) < 4.78 is 0. The summed E-state index contributed by atoms with van der Waals surface area (Å²) in [6.07, 6.45) is 0. The molecule has 2 aromatic rings. The number of carboxylic acid groups (broad SMARTS) is 1. The zero-order valence-corrected chi connectivity index (χ0v) is 11.7. The maximum Gasteiger partial charge on any atom is 0.354 e. The predicted molar refractivity (Wildman–Crippen MR) is 77.6 cm³/mol. The monoisotopic (exact) mass is 271 g/mol. The second-order valence-electron chi connectivity index (χ2n) is 4.82. The second kappa shape index (κ2) is 5.69. The van der Waals surface area contributed by atoms with Crippen LogP contribution in [0.5, 0.6) is 0 Å². The normalized spacial score (nSPS) is 10.6. The van der Waals surface area contributed by atoms with Gasteiger partial charge in [0.05, 0.1) is 0 Å². The van der Waals surface area contributed by atoms with Crippen molar-refractivity contribution in [2.45, 2.75) is 19.8 Å². The lowest BCUT2D eigenvalue weighted by Gasteiger charge is -2.19. The third kappa shape index (κ3) is 2.93. The third-order valence-electron chi connectivity index (χ3n) is 2.95. The van der Waals surface area contributed by atoms with Gasteiger partial charge in [-0.2, -0.15) is 0 Å². The van der Waals surface area contributed by atoms with Crippen molar-refractivity contribution in [2.75, 3.05) is 11.9 Å². The Morgan fingerprint density at radius 1 is 1.20 bits per heavy atom. The fourth-order valence-corrected chi connectivity index (χ4v) is 1.78. The first-order chi connectivity index (χ1) is 9.49. The minimum Gasteiger partial charge on any atom is -0.477 e. The van der Waals surface area contributed by atoms with Gasteiger partial charge < -0.3 is 10.0 Å². The smallest absolute Gasteiger partial charge is 0.354 e. The van der Waals surface area contributed by atoms with E-state index >= 15 is 0 Å². The molecule has 5 heteroatoms. The third-order valence-corrected chi connectivity index (χ3v) is 2.95. The van der Waals surface area contributed by atoms with E-state index in [1.54, 1.807) is 0 Å². The summed E-state index contributed by atoms with van der Waals surface area (Å²) >= 11 is 0. The van der Waals surface area contributed by atoms with E-state index in [2.05, 4.69) is 9.97 Å². The molecule has 104 valence electrons. The lowest BCUT2D eigenvalue weighted by Crippen LogP contribution is -2.15. The van der Waals surface area contributed by atoms with Gasteiger partial charge in [-0.05, 0) is 12.1 Å². The van der Waals surface area contributed by atoms with E-state index in [1.807, 2.05) is 56.1 Å². The van der Waals surface area contributed by atoms with Crippen molar-refractivity contribution in [1.82, 2.24) is 9.97 Å². The summed E-state index contributed by atoms with van der Waals surface area (Å²) in [5, 5.41) is 9.16. The maximum absolute atomic E-state index is 11.2. The van der Waals surface area contributed by atoms with E-state index in [0.717, 1.165) is 5.69 Å². The zero-order valence-electron chi connectivity index (χ0n) is 11.7. The lowest BCUT2D eigenvalue weighted by atomic mass is 10.2. The highest BCUT2D eigenvalue weighted by Crippen LogP contribution is 2.23. The molecular weight excluding hydrogens is 254 g/mol. The van der Waals surface area contributed by atoms with E-state index in [-0.39, 0.29) is 11.6 Å². The summed E-state index contributed by atoms with van der Waals surface area (Å²) in [5.41, 5.74) is 0.957. The van der Waals surface area contributed by atoms with Crippen LogP contribution in [0, 0.1) is 0 Å². The van der Waals surface area contributed by atoms with E-state index in [1.165, 1.54) is 6.07 Å². The first-order valence-corrected chi connectivity index (χ1v) is 6.40. The number of carboxylic acids is 1. The van der Waals surface area contributed by atoms with Crippen LogP contribution in [0.3, 0.4) is 0 Å². The Morgan fingerprint density at radius 2 is 1.85 bits per heavy atom. The topological polar surface area (TPSA) is 66.3 Å². The van der Waals surface area contributed by atoms with Gasteiger partial charge in [0.2, 0.25) is 0 Å². The molecule has 1 aromatic heterocycles. The Hall–Kier alpha value is -2.43. The van der Waals surface area contributed by atoms with E-state index in [9.17, 15) is 4.79 Å². The molecule has 0 bridgehead atoms. The Bertz CT molecular complexity index is 612. The number of benzene rings is 1. The summed E-state index contributed by atoms with van der Waals surface area (Å²) in [4.78, 5) is 21.5. The van der Waals surface area contributed by atoms with Gasteiger partial charge in [0.15, 0.2) is 5.69 Å². The number of aromatic carboxylic acids is 1. The van der Waals surface area contributed by atoms with Crippen molar-refractivity contribution in [2.24, 2.45) is 0 Å². The fourth-order valence-electron chi connectivity index (χ4n) is 1.78. The largest absolute Gasteiger partial charge is 0.477 e. The fraction of sp³-hybridized carbons (Fsp3) is 0.267. The summed E-state index contributed by atoms with van der Waals surface area (Å²) in [5.74, 6) is 0.129. The van der Waals surface area contributed by atoms with Crippen molar-refractivity contribution in [1.29, 1.82) is 0 Å². The van der Waals surface area contributed by atoms with Gasteiger partial charge in [0.1, 0.15) is 11.6 Å². The van der Waals surface area contributed by atoms with E-state index < -0.39 is 5.97 Å². The number of hydrogen-bond donors (Lipinski definition) is 1. The lowest BCUT2D eigenvalue weighted by molar-refractivity contribution is 0.0690. The number of nitrogens with zero attached hydrogens (tertiary/aromatic N) is 3. The Balaban J connectivity index is 2.48. The van der Waals surface area contributed by atoms with Crippen LogP contribution in [0.2, 0.25) is 0 Å². The average molecular weight is 271 g/mol. The number of hydrogen-bond acceptors (Lipinski definition) is 4. The molecule has 2 rings (SSSR count). The molecule has 0 atom stereocenters. The minimum absolute atomic E-state index is 0.0153. The average Bonchev–Trinajstić information content (AvgIpc) is 2.46. The standard InChI is InChI=1S/C15H17N3O2/c1-10(2)14-16-12(15(19)20)9-13(17-14)18(3)11-7-5-4-6-8-11/h4-10H,1-3H3,(H,19,20). The molecule has 1 heterocycles. The molecule has 20 heavy (non-hydrogen) atoms. The van der Waals surface area contributed by atoms with Crippen molar-refractivity contribution in [3.63, 3.8) is 0 Å². The van der Waals surface area contributed by atoms with Crippen molar-refractivity contribution < 1.29 is 9.90 Å². The maximum atomic E-state index is 11.2. The van der Waals surface area contributed by atoms with Gasteiger partial charge in [0, 0.05) is 24.7 Å². The minimum atomic E-state index is -1.04. The molecule has 1 aromatic carbocycles. The van der Waals surface area contributed by atoms with Crippen LogP contribution in [-0.4, -0.2) is 28.1 Å². The Kier molecular flexibility index (Phi) is 3.98. The SMILES string of the molecule is CC(C)c1nc(C(=O)O)cc(N(C)c2ccccc2)n1. The zero-order chi connectivity index (χ0) is 14.7. The van der Waals surface area contributed by atoms with Crippen LogP contribution in [0.1, 0.15) is 36.1 Å². The molecular formula is C15H17N3O2. The summed E-state index contributed by atoms with van der Waals surface area (Å²) in [6.45, 7) is 3.88. The number of aromatic nitrogens is 2. The molecule has 0 unspecified atom stereocenters. The molecule has 0 aliphatic rings. The van der Waals surface area contributed by atoms with E-state index in [4.69, 9.17) is 5.11 Å². The van der Waals surface area contributed by atoms with Crippen LogP contribution in [-0.2, 0) is 0 Å². The summed E-state index contributed by atoms with van der Waals surface area (Å²) in [7, 11) is 1.85. The van der Waals surface area contributed by atoms with E-state index in [0.29, 0.717) is 11.6 Å². The highest BCUT2D eigenvalue weighted by molar-refractivity contribution is 5.86. The molecule has 0 spiro atoms. The molecule has 1 N–H and O–H groups in total. The van der Waals surface area contributed by atoms with Crippen LogP contribution in [0.15, 0.2) is 36.4 Å². The van der Waals surface area contributed by atoms with Crippen molar-refractivity contribution in [3.8, 4) is 0 Å². The van der Waals surface area contributed by atoms with Crippen molar-refractivity contribution >= 4 is 17.5 Å². The van der Waals surface area contributed by atoms with Gasteiger partial charge in [-0.1, -0.05) is 32.0 Å². The number of anilines is 2. The van der Waals surface area contributed by atoms with Crippen molar-refractivity contribution in [3.05, 3.63) is 47.9 Å². The highest BCUT2D eigenvalue weighted by atomic mass is 16.4. The van der Waals surface area contributed by atoms with Crippen LogP contribution in [0.25, 0.3) is 0 Å². The van der Waals surface area contributed by atoms with Gasteiger partial charge in [-0.3, -0.25) is 0 Å². The molecule has 0 amide bonds. The van der Waals surface area contributed by atoms with Gasteiger partial charge in [0.25, 0.3) is 0 Å². The molecule has 0 radical (unpaired) electrons. The van der Waals surface area contributed by atoms with Crippen LogP contribution in [0.4, 0.5) is 11.5 Å². The molecule has 0 saturated carbocycles. The molecule has 5 nitrogen and oxygen atoms in total. The highest BCUT2D eigenvalue weighted by Gasteiger charge is 2.15. The first-order valence-electron chi connectivity index (χ1n) is 6.40. The molecule has 0 aliphatic carbocycles. The molecule has 0 fully saturated rings. The number of rotatable bonds is 4. The quantitative estimate of drug-likeness (QED) is 0.925. The van der Waals surface area contributed by atoms with Gasteiger partial charge in [-0.15, -0.1) is 0 Å². The van der Waals surface area contributed by atoms with Gasteiger partial charge >= 0.3 is 5.97 Å². The Morgan fingerprint density at radius 3 is 2.40 bits per heavy atom. The summed E-state index contributed by atoms with van der Waals surface area (Å²) in [6, 6.07) is 11.2. The predicted octanol–water partition coefficient (Wildman–Crippen LogP) is 3.07.